The molecule has 1 N–H and O–H groups in total. The molecule has 0 bridgehead atoms. The molecule has 4 nitrogen and oxygen atoms in total. The van der Waals surface area contributed by atoms with E-state index >= 15 is 0 Å². The summed E-state index contributed by atoms with van der Waals surface area (Å²) in [4.78, 5) is 4.02. The predicted molar refractivity (Wildman–Crippen MR) is 46.1 cm³/mol. The quantitative estimate of drug-likeness (QED) is 0.694. The van der Waals surface area contributed by atoms with E-state index in [9.17, 15) is 5.11 Å². The molecule has 0 spiro atoms. The van der Waals surface area contributed by atoms with Crippen molar-refractivity contribution in [3.8, 4) is 0 Å². The minimum absolute atomic E-state index is 0.620. The largest absolute Gasteiger partial charge is 0.385 e. The van der Waals surface area contributed by atoms with Gasteiger partial charge in [-0.25, -0.2) is 4.52 Å². The van der Waals surface area contributed by atoms with Crippen LogP contribution in [0.25, 0.3) is 5.52 Å². The fraction of sp³-hybridized carbons (Fsp3) is 0.333. The van der Waals surface area contributed by atoms with Crippen LogP contribution < -0.4 is 0 Å². The Bertz CT molecular complexity index is 459. The first kappa shape index (κ1) is 7.03. The van der Waals surface area contributed by atoms with Crippen LogP contribution in [0, 0.1) is 0 Å². The average molecular weight is 175 g/mol. The first-order valence-corrected chi connectivity index (χ1v) is 4.30. The number of nitrogens with zero attached hydrogens (tertiary/aromatic N) is 3. The van der Waals surface area contributed by atoms with Gasteiger partial charge in [0.25, 0.3) is 0 Å². The van der Waals surface area contributed by atoms with Crippen LogP contribution in [0.5, 0.6) is 0 Å². The molecule has 0 radical (unpaired) electrons. The van der Waals surface area contributed by atoms with Gasteiger partial charge in [-0.15, -0.1) is 0 Å². The lowest BCUT2D eigenvalue weighted by Gasteiger charge is -2.03. The zero-order valence-corrected chi connectivity index (χ0v) is 7.01. The molecular formula is C9H9N3O. The molecule has 0 aliphatic heterocycles. The smallest absolute Gasteiger partial charge is 0.0936 e. The van der Waals surface area contributed by atoms with Crippen LogP contribution in [0.4, 0.5) is 0 Å². The summed E-state index contributed by atoms with van der Waals surface area (Å²) in [6.45, 7) is 0. The van der Waals surface area contributed by atoms with Crippen molar-refractivity contribution >= 4 is 5.52 Å². The van der Waals surface area contributed by atoms with Crippen LogP contribution >= 0.6 is 0 Å². The fourth-order valence-electron chi connectivity index (χ4n) is 1.58. The van der Waals surface area contributed by atoms with Gasteiger partial charge in [-0.2, -0.15) is 5.10 Å². The van der Waals surface area contributed by atoms with E-state index in [1.807, 2.05) is 0 Å². The molecule has 0 unspecified atom stereocenters. The predicted octanol–water partition coefficient (Wildman–Crippen LogP) is 0.711. The van der Waals surface area contributed by atoms with Crippen LogP contribution in [-0.2, 0) is 5.60 Å². The molecule has 1 aliphatic rings. The third-order valence-corrected chi connectivity index (χ3v) is 2.55. The van der Waals surface area contributed by atoms with Gasteiger partial charge in [0.05, 0.1) is 23.5 Å². The summed E-state index contributed by atoms with van der Waals surface area (Å²) < 4.78 is 1.73. The first-order chi connectivity index (χ1) is 6.30. The van der Waals surface area contributed by atoms with Gasteiger partial charge in [0, 0.05) is 18.0 Å². The van der Waals surface area contributed by atoms with Crippen LogP contribution in [0.1, 0.15) is 18.4 Å². The van der Waals surface area contributed by atoms with Crippen molar-refractivity contribution in [2.45, 2.75) is 18.4 Å². The van der Waals surface area contributed by atoms with Crippen molar-refractivity contribution in [2.24, 2.45) is 0 Å². The second kappa shape index (κ2) is 2.09. The van der Waals surface area contributed by atoms with Crippen LogP contribution in [0.15, 0.2) is 24.8 Å². The topological polar surface area (TPSA) is 50.4 Å². The molecule has 0 aromatic carbocycles. The highest BCUT2D eigenvalue weighted by Gasteiger charge is 2.44. The van der Waals surface area contributed by atoms with Crippen molar-refractivity contribution in [1.29, 1.82) is 0 Å². The third-order valence-electron chi connectivity index (χ3n) is 2.55. The molecular weight excluding hydrogens is 166 g/mol. The highest BCUT2D eigenvalue weighted by molar-refractivity contribution is 5.55. The number of fused-ring (bicyclic) bond motifs is 1. The molecule has 13 heavy (non-hydrogen) atoms. The Balaban J connectivity index is 2.30. The maximum absolute atomic E-state index is 9.91. The molecule has 3 rings (SSSR count). The lowest BCUT2D eigenvalue weighted by atomic mass is 10.1. The number of hydrogen-bond donors (Lipinski definition) is 1. The van der Waals surface area contributed by atoms with Gasteiger partial charge >= 0.3 is 0 Å². The molecule has 0 amide bonds. The highest BCUT2D eigenvalue weighted by atomic mass is 16.3. The van der Waals surface area contributed by atoms with E-state index in [-0.39, 0.29) is 0 Å². The monoisotopic (exact) mass is 175 g/mol. The van der Waals surface area contributed by atoms with E-state index in [4.69, 9.17) is 0 Å². The van der Waals surface area contributed by atoms with Crippen molar-refractivity contribution < 1.29 is 5.11 Å². The van der Waals surface area contributed by atoms with E-state index < -0.39 is 5.60 Å². The van der Waals surface area contributed by atoms with Crippen molar-refractivity contribution in [1.82, 2.24) is 14.6 Å². The molecule has 1 saturated carbocycles. The Morgan fingerprint density at radius 1 is 1.38 bits per heavy atom. The van der Waals surface area contributed by atoms with E-state index in [1.54, 1.807) is 29.3 Å². The maximum Gasteiger partial charge on any atom is 0.0936 e. The van der Waals surface area contributed by atoms with Gasteiger partial charge in [0.1, 0.15) is 0 Å². The summed E-state index contributed by atoms with van der Waals surface area (Å²) >= 11 is 0. The Kier molecular flexibility index (Phi) is 1.13. The summed E-state index contributed by atoms with van der Waals surface area (Å²) in [6.07, 6.45) is 8.60. The Morgan fingerprint density at radius 2 is 2.23 bits per heavy atom. The fourth-order valence-corrected chi connectivity index (χ4v) is 1.58. The van der Waals surface area contributed by atoms with Gasteiger partial charge in [-0.1, -0.05) is 0 Å². The lowest BCUT2D eigenvalue weighted by molar-refractivity contribution is 0.153. The van der Waals surface area contributed by atoms with Gasteiger partial charge in [-0.05, 0) is 12.8 Å². The van der Waals surface area contributed by atoms with Crippen LogP contribution in [0.3, 0.4) is 0 Å². The highest BCUT2D eigenvalue weighted by Crippen LogP contribution is 2.46. The molecule has 4 heteroatoms. The molecule has 66 valence electrons. The number of aliphatic hydroxyl groups is 1. The summed E-state index contributed by atoms with van der Waals surface area (Å²) in [7, 11) is 0. The minimum atomic E-state index is -0.620. The molecule has 2 heterocycles. The van der Waals surface area contributed by atoms with Crippen LogP contribution in [-0.4, -0.2) is 19.7 Å². The van der Waals surface area contributed by atoms with Gasteiger partial charge in [0.2, 0.25) is 0 Å². The molecule has 1 fully saturated rings. The van der Waals surface area contributed by atoms with Crippen LogP contribution in [0.2, 0.25) is 0 Å². The van der Waals surface area contributed by atoms with E-state index in [0.29, 0.717) is 0 Å². The summed E-state index contributed by atoms with van der Waals surface area (Å²) in [5.74, 6) is 0. The number of rotatable bonds is 1. The summed E-state index contributed by atoms with van der Waals surface area (Å²) in [5, 5.41) is 14.0. The Morgan fingerprint density at radius 3 is 3.00 bits per heavy atom. The molecule has 0 saturated heterocycles. The number of hydrogen-bond acceptors (Lipinski definition) is 3. The van der Waals surface area contributed by atoms with Gasteiger partial charge in [-0.3, -0.25) is 4.98 Å². The second-order valence-electron chi connectivity index (χ2n) is 3.50. The van der Waals surface area contributed by atoms with Crippen molar-refractivity contribution in [3.63, 3.8) is 0 Å². The minimum Gasteiger partial charge on any atom is -0.385 e. The average Bonchev–Trinajstić information content (AvgIpc) is 2.76. The Hall–Kier alpha value is -1.42. The second-order valence-corrected chi connectivity index (χ2v) is 3.50. The summed E-state index contributed by atoms with van der Waals surface area (Å²) in [5.41, 5.74) is 1.19. The molecule has 2 aromatic heterocycles. The van der Waals surface area contributed by atoms with E-state index in [1.165, 1.54) is 0 Å². The Labute approximate surface area is 74.8 Å². The molecule has 0 atom stereocenters. The molecule has 2 aromatic rings. The van der Waals surface area contributed by atoms with Gasteiger partial charge < -0.3 is 5.11 Å². The molecule has 1 aliphatic carbocycles. The first-order valence-electron chi connectivity index (χ1n) is 4.30. The van der Waals surface area contributed by atoms with Gasteiger partial charge in [0.15, 0.2) is 0 Å². The third kappa shape index (κ3) is 0.890. The maximum atomic E-state index is 9.91. The zero-order chi connectivity index (χ0) is 8.89. The van der Waals surface area contributed by atoms with Crippen molar-refractivity contribution in [3.05, 3.63) is 30.4 Å². The standard InChI is InChI=1S/C9H9N3O/c13-9(1-2-9)7-5-11-12-4-3-10-6-8(7)12/h3-6,13H,1-2H2. The van der Waals surface area contributed by atoms with Crippen molar-refractivity contribution in [2.75, 3.05) is 0 Å². The van der Waals surface area contributed by atoms with E-state index in [2.05, 4.69) is 10.1 Å². The number of aromatic nitrogens is 3. The summed E-state index contributed by atoms with van der Waals surface area (Å²) in [6, 6.07) is 0. The zero-order valence-electron chi connectivity index (χ0n) is 7.01. The lowest BCUT2D eigenvalue weighted by Crippen LogP contribution is -2.03. The van der Waals surface area contributed by atoms with E-state index in [0.717, 1.165) is 23.9 Å². The normalized spacial score (nSPS) is 19.2. The SMILES string of the molecule is OC1(c2cnn3ccncc23)CC1.